The van der Waals surface area contributed by atoms with Crippen LogP contribution in [0.15, 0.2) is 53.4 Å². The van der Waals surface area contributed by atoms with Gasteiger partial charge in [-0.15, -0.1) is 0 Å². The Labute approximate surface area is 195 Å². The molecule has 8 nitrogen and oxygen atoms in total. The summed E-state index contributed by atoms with van der Waals surface area (Å²) in [4.78, 5) is 31.4. The van der Waals surface area contributed by atoms with Gasteiger partial charge >= 0.3 is 0 Å². The highest BCUT2D eigenvalue weighted by molar-refractivity contribution is 5.89. The summed E-state index contributed by atoms with van der Waals surface area (Å²) in [7, 11) is 0. The number of aryl methyl sites for hydroxylation is 1. The number of hydrogen-bond donors (Lipinski definition) is 1. The maximum atomic E-state index is 12.9. The molecule has 1 aromatic carbocycles. The molecule has 1 saturated heterocycles. The van der Waals surface area contributed by atoms with Gasteiger partial charge in [0.05, 0.1) is 18.7 Å². The highest BCUT2D eigenvalue weighted by Gasteiger charge is 2.34. The Bertz CT molecular complexity index is 1030. The highest BCUT2D eigenvalue weighted by Crippen LogP contribution is 2.21. The molecule has 0 bridgehead atoms. The van der Waals surface area contributed by atoms with Gasteiger partial charge in [-0.05, 0) is 44.4 Å². The van der Waals surface area contributed by atoms with Crippen LogP contribution in [0.25, 0.3) is 5.69 Å². The van der Waals surface area contributed by atoms with Crippen LogP contribution in [0, 0.1) is 6.92 Å². The number of imidazole rings is 1. The molecule has 0 aliphatic carbocycles. The molecule has 3 heterocycles. The second-order valence-corrected chi connectivity index (χ2v) is 8.27. The minimum Gasteiger partial charge on any atom is -0.361 e. The van der Waals surface area contributed by atoms with Crippen molar-refractivity contribution >= 4 is 11.8 Å². The molecule has 33 heavy (non-hydrogen) atoms. The Balaban J connectivity index is 0.000000968. The van der Waals surface area contributed by atoms with E-state index in [1.54, 1.807) is 17.2 Å². The maximum Gasteiger partial charge on any atom is 0.243 e. The molecule has 2 amide bonds. The topological polar surface area (TPSA) is 93.3 Å². The van der Waals surface area contributed by atoms with Crippen molar-refractivity contribution in [1.29, 1.82) is 0 Å². The zero-order valence-electron chi connectivity index (χ0n) is 19.8. The smallest absolute Gasteiger partial charge is 0.243 e. The van der Waals surface area contributed by atoms with Crippen molar-refractivity contribution in [1.82, 2.24) is 24.9 Å². The van der Waals surface area contributed by atoms with Gasteiger partial charge in [-0.3, -0.25) is 9.59 Å². The zero-order chi connectivity index (χ0) is 23.8. The number of amides is 2. The molecule has 176 valence electrons. The van der Waals surface area contributed by atoms with Crippen LogP contribution in [0.3, 0.4) is 0 Å². The predicted molar refractivity (Wildman–Crippen MR) is 126 cm³/mol. The first kappa shape index (κ1) is 24.2. The summed E-state index contributed by atoms with van der Waals surface area (Å²) in [5.41, 5.74) is 2.02. The molecule has 1 aliphatic rings. The lowest BCUT2D eigenvalue weighted by molar-refractivity contribution is -0.138. The van der Waals surface area contributed by atoms with E-state index in [1.807, 2.05) is 48.9 Å². The van der Waals surface area contributed by atoms with Gasteiger partial charge in [0.15, 0.2) is 0 Å². The Kier molecular flexibility index (Phi) is 8.40. The number of carbonyl (C=O) groups excluding carboxylic acids is 2. The Morgan fingerprint density at radius 1 is 1.18 bits per heavy atom. The van der Waals surface area contributed by atoms with E-state index >= 15 is 0 Å². The molecule has 4 rings (SSSR count). The second-order valence-electron chi connectivity index (χ2n) is 8.27. The molecular formula is C25H33N5O3. The number of rotatable bonds is 6. The maximum absolute atomic E-state index is 12.9. The van der Waals surface area contributed by atoms with Gasteiger partial charge in [0.1, 0.15) is 17.6 Å². The van der Waals surface area contributed by atoms with Crippen LogP contribution in [-0.2, 0) is 16.0 Å². The average Bonchev–Trinajstić information content (AvgIpc) is 3.56. The lowest BCUT2D eigenvalue weighted by atomic mass is 10.1. The SMILES string of the molecule is CCC.Cc1nccn1-c1ccc(C(C)NC(=O)C2CCCN2C(=O)Cc2ccno2)cc1. The molecule has 1 fully saturated rings. The van der Waals surface area contributed by atoms with Crippen LogP contribution in [0.4, 0.5) is 0 Å². The fourth-order valence-corrected chi connectivity index (χ4v) is 3.89. The minimum atomic E-state index is -0.448. The van der Waals surface area contributed by atoms with Crippen molar-refractivity contribution in [2.24, 2.45) is 0 Å². The van der Waals surface area contributed by atoms with Crippen molar-refractivity contribution < 1.29 is 14.1 Å². The first-order chi connectivity index (χ1) is 15.9. The van der Waals surface area contributed by atoms with Crippen molar-refractivity contribution in [3.05, 3.63) is 66.1 Å². The van der Waals surface area contributed by atoms with Crippen LogP contribution < -0.4 is 5.32 Å². The quantitative estimate of drug-likeness (QED) is 0.612. The third-order valence-electron chi connectivity index (χ3n) is 5.55. The van der Waals surface area contributed by atoms with E-state index in [-0.39, 0.29) is 24.3 Å². The van der Waals surface area contributed by atoms with Gasteiger partial charge in [-0.25, -0.2) is 4.98 Å². The lowest BCUT2D eigenvalue weighted by Crippen LogP contribution is -2.47. The number of aromatic nitrogens is 3. The van der Waals surface area contributed by atoms with Crippen molar-refractivity contribution in [3.8, 4) is 5.69 Å². The van der Waals surface area contributed by atoms with Crippen LogP contribution in [0.1, 0.15) is 63.2 Å². The van der Waals surface area contributed by atoms with E-state index in [1.165, 1.54) is 12.6 Å². The fourth-order valence-electron chi connectivity index (χ4n) is 3.89. The summed E-state index contributed by atoms with van der Waals surface area (Å²) >= 11 is 0. The normalized spacial score (nSPS) is 16.1. The number of nitrogens with one attached hydrogen (secondary N) is 1. The van der Waals surface area contributed by atoms with E-state index in [4.69, 9.17) is 4.52 Å². The molecule has 8 heteroatoms. The number of benzene rings is 1. The predicted octanol–water partition coefficient (Wildman–Crippen LogP) is 4.00. The molecule has 1 aliphatic heterocycles. The molecule has 0 spiro atoms. The van der Waals surface area contributed by atoms with Gasteiger partial charge in [0.2, 0.25) is 11.8 Å². The molecule has 2 unspecified atom stereocenters. The van der Waals surface area contributed by atoms with Crippen LogP contribution in [0.2, 0.25) is 0 Å². The summed E-state index contributed by atoms with van der Waals surface area (Å²) in [6.45, 7) is 8.73. The van der Waals surface area contributed by atoms with E-state index in [2.05, 4.69) is 29.3 Å². The molecule has 2 aromatic heterocycles. The molecule has 0 radical (unpaired) electrons. The van der Waals surface area contributed by atoms with Gasteiger partial charge < -0.3 is 19.3 Å². The highest BCUT2D eigenvalue weighted by atomic mass is 16.5. The number of hydrogen-bond acceptors (Lipinski definition) is 5. The summed E-state index contributed by atoms with van der Waals surface area (Å²) in [5, 5.41) is 6.69. The number of carbonyl (C=O) groups is 2. The molecule has 3 aromatic rings. The lowest BCUT2D eigenvalue weighted by Gasteiger charge is -2.25. The third-order valence-corrected chi connectivity index (χ3v) is 5.55. The third kappa shape index (κ3) is 6.09. The molecule has 1 N–H and O–H groups in total. The zero-order valence-corrected chi connectivity index (χ0v) is 19.8. The number of nitrogens with zero attached hydrogens (tertiary/aromatic N) is 4. The average molecular weight is 452 g/mol. The van der Waals surface area contributed by atoms with E-state index in [9.17, 15) is 9.59 Å². The van der Waals surface area contributed by atoms with Crippen molar-refractivity contribution in [2.75, 3.05) is 6.54 Å². The van der Waals surface area contributed by atoms with E-state index in [0.29, 0.717) is 18.7 Å². The van der Waals surface area contributed by atoms with Crippen LogP contribution >= 0.6 is 0 Å². The van der Waals surface area contributed by atoms with Crippen molar-refractivity contribution in [3.63, 3.8) is 0 Å². The monoisotopic (exact) mass is 451 g/mol. The van der Waals surface area contributed by atoms with Gasteiger partial charge in [-0.2, -0.15) is 0 Å². The summed E-state index contributed by atoms with van der Waals surface area (Å²) in [6.07, 6.45) is 8.04. The number of likely N-dealkylation sites (tertiary alicyclic amines) is 1. The van der Waals surface area contributed by atoms with Gasteiger partial charge in [0.25, 0.3) is 0 Å². The Morgan fingerprint density at radius 2 is 1.91 bits per heavy atom. The molecular weight excluding hydrogens is 418 g/mol. The van der Waals surface area contributed by atoms with Gasteiger partial charge in [0, 0.05) is 30.7 Å². The van der Waals surface area contributed by atoms with E-state index in [0.717, 1.165) is 23.5 Å². The standard InChI is InChI=1S/C22H25N5O3.C3H8/c1-15(17-5-7-18(8-6-17)26-13-11-23-16(26)2)25-22(29)20-4-3-12-27(20)21(28)14-19-9-10-24-30-19;1-3-2/h5-11,13,15,20H,3-4,12,14H2,1-2H3,(H,25,29);3H2,1-2H3. The Morgan fingerprint density at radius 3 is 2.52 bits per heavy atom. The largest absolute Gasteiger partial charge is 0.361 e. The summed E-state index contributed by atoms with van der Waals surface area (Å²) < 4.78 is 7.03. The van der Waals surface area contributed by atoms with E-state index < -0.39 is 6.04 Å². The summed E-state index contributed by atoms with van der Waals surface area (Å²) in [6, 6.07) is 9.07. The first-order valence-corrected chi connectivity index (χ1v) is 11.5. The fraction of sp³-hybridized carbons (Fsp3) is 0.440. The second kappa shape index (κ2) is 11.4. The van der Waals surface area contributed by atoms with Crippen molar-refractivity contribution in [2.45, 2.75) is 65.5 Å². The first-order valence-electron chi connectivity index (χ1n) is 11.5. The van der Waals surface area contributed by atoms with Gasteiger partial charge in [-0.1, -0.05) is 37.6 Å². The van der Waals surface area contributed by atoms with Crippen LogP contribution in [-0.4, -0.2) is 44.0 Å². The minimum absolute atomic E-state index is 0.114. The molecule has 0 saturated carbocycles. The molecule has 2 atom stereocenters. The Hall–Kier alpha value is -3.42. The summed E-state index contributed by atoms with van der Waals surface area (Å²) in [5.74, 6) is 1.19. The van der Waals surface area contributed by atoms with Crippen LogP contribution in [0.5, 0.6) is 0 Å².